The van der Waals surface area contributed by atoms with Crippen molar-refractivity contribution in [3.63, 3.8) is 0 Å². The van der Waals surface area contributed by atoms with Crippen LogP contribution in [0.15, 0.2) is 36.4 Å². The molecular formula is C18H21NO4. The van der Waals surface area contributed by atoms with Crippen molar-refractivity contribution in [1.29, 1.82) is 0 Å². The van der Waals surface area contributed by atoms with Gasteiger partial charge in [-0.3, -0.25) is 4.79 Å². The summed E-state index contributed by atoms with van der Waals surface area (Å²) in [7, 11) is 6.39. The van der Waals surface area contributed by atoms with Gasteiger partial charge in [-0.15, -0.1) is 0 Å². The van der Waals surface area contributed by atoms with Gasteiger partial charge in [0.25, 0.3) is 5.91 Å². The smallest absolute Gasteiger partial charge is 0.251 e. The highest BCUT2D eigenvalue weighted by Gasteiger charge is 2.19. The van der Waals surface area contributed by atoms with Crippen molar-refractivity contribution in [2.75, 3.05) is 28.4 Å². The van der Waals surface area contributed by atoms with Crippen LogP contribution in [0.5, 0.6) is 17.2 Å². The number of hydrogen-bond acceptors (Lipinski definition) is 4. The van der Waals surface area contributed by atoms with E-state index >= 15 is 0 Å². The molecule has 0 spiro atoms. The third-order valence-electron chi connectivity index (χ3n) is 3.66. The number of amides is 1. The number of methoxy groups -OCH3 is 3. The monoisotopic (exact) mass is 315 g/mol. The third kappa shape index (κ3) is 3.56. The first-order valence-electron chi connectivity index (χ1n) is 7.23. The van der Waals surface area contributed by atoms with E-state index in [0.717, 1.165) is 16.9 Å². The highest BCUT2D eigenvalue weighted by Crippen LogP contribution is 2.35. The van der Waals surface area contributed by atoms with Crippen molar-refractivity contribution in [3.8, 4) is 17.2 Å². The highest BCUT2D eigenvalue weighted by molar-refractivity contribution is 5.96. The fourth-order valence-electron chi connectivity index (χ4n) is 2.46. The van der Waals surface area contributed by atoms with Gasteiger partial charge in [-0.25, -0.2) is 0 Å². The Kier molecular flexibility index (Phi) is 5.46. The molecule has 0 aliphatic heterocycles. The van der Waals surface area contributed by atoms with Gasteiger partial charge >= 0.3 is 0 Å². The summed E-state index contributed by atoms with van der Waals surface area (Å²) in [5, 5.41) is 2.66. The van der Waals surface area contributed by atoms with E-state index in [0.29, 0.717) is 23.5 Å². The Morgan fingerprint density at radius 2 is 1.65 bits per heavy atom. The molecule has 0 saturated heterocycles. The quantitative estimate of drug-likeness (QED) is 0.890. The second-order valence-corrected chi connectivity index (χ2v) is 4.93. The summed E-state index contributed by atoms with van der Waals surface area (Å²) in [6.45, 7) is 0. The van der Waals surface area contributed by atoms with Crippen LogP contribution in [0.4, 0.5) is 0 Å². The second kappa shape index (κ2) is 7.54. The van der Waals surface area contributed by atoms with Crippen molar-refractivity contribution in [2.24, 2.45) is 0 Å². The molecule has 0 atom stereocenters. The topological polar surface area (TPSA) is 56.8 Å². The maximum atomic E-state index is 12.2. The lowest BCUT2D eigenvalue weighted by molar-refractivity contribution is 0.0962. The zero-order valence-corrected chi connectivity index (χ0v) is 13.8. The largest absolute Gasteiger partial charge is 0.497 e. The van der Waals surface area contributed by atoms with Crippen LogP contribution in [0.25, 0.3) is 0 Å². The van der Waals surface area contributed by atoms with Crippen LogP contribution >= 0.6 is 0 Å². The Morgan fingerprint density at radius 3 is 2.17 bits per heavy atom. The second-order valence-electron chi connectivity index (χ2n) is 4.93. The predicted molar refractivity (Wildman–Crippen MR) is 88.7 cm³/mol. The Labute approximate surface area is 136 Å². The van der Waals surface area contributed by atoms with Gasteiger partial charge in [0.15, 0.2) is 11.5 Å². The first-order valence-corrected chi connectivity index (χ1v) is 7.23. The zero-order chi connectivity index (χ0) is 16.8. The van der Waals surface area contributed by atoms with E-state index in [-0.39, 0.29) is 5.91 Å². The maximum absolute atomic E-state index is 12.2. The number of carbonyl (C=O) groups excluding carboxylic acids is 1. The van der Waals surface area contributed by atoms with Crippen LogP contribution in [0.1, 0.15) is 21.5 Å². The summed E-state index contributed by atoms with van der Waals surface area (Å²) in [6, 6.07) is 11.2. The molecule has 0 aromatic heterocycles. The molecule has 0 saturated carbocycles. The van der Waals surface area contributed by atoms with Gasteiger partial charge in [0.05, 0.1) is 21.3 Å². The number of carbonyl (C=O) groups is 1. The summed E-state index contributed by atoms with van der Waals surface area (Å²) in [4.78, 5) is 12.2. The normalized spacial score (nSPS) is 10.1. The van der Waals surface area contributed by atoms with E-state index in [1.807, 2.05) is 24.3 Å². The lowest BCUT2D eigenvalue weighted by atomic mass is 9.97. The van der Waals surface area contributed by atoms with Gasteiger partial charge in [-0.2, -0.15) is 0 Å². The minimum Gasteiger partial charge on any atom is -0.497 e. The van der Waals surface area contributed by atoms with Crippen LogP contribution in [-0.4, -0.2) is 34.3 Å². The van der Waals surface area contributed by atoms with E-state index in [1.54, 1.807) is 40.5 Å². The van der Waals surface area contributed by atoms with Gasteiger partial charge < -0.3 is 19.5 Å². The summed E-state index contributed by atoms with van der Waals surface area (Å²) in [5.74, 6) is 1.81. The molecule has 0 aliphatic rings. The summed E-state index contributed by atoms with van der Waals surface area (Å²) >= 11 is 0. The van der Waals surface area contributed by atoms with E-state index in [2.05, 4.69) is 5.32 Å². The van der Waals surface area contributed by atoms with Gasteiger partial charge in [0.2, 0.25) is 0 Å². The molecule has 5 nitrogen and oxygen atoms in total. The highest BCUT2D eigenvalue weighted by atomic mass is 16.5. The van der Waals surface area contributed by atoms with Crippen LogP contribution in [0.3, 0.4) is 0 Å². The van der Waals surface area contributed by atoms with Crippen molar-refractivity contribution in [3.05, 3.63) is 53.1 Å². The average Bonchev–Trinajstić information content (AvgIpc) is 2.61. The van der Waals surface area contributed by atoms with Crippen molar-refractivity contribution in [1.82, 2.24) is 5.32 Å². The van der Waals surface area contributed by atoms with E-state index in [1.165, 1.54) is 0 Å². The molecule has 0 aliphatic carbocycles. The molecule has 0 unspecified atom stereocenters. The number of hydrogen-bond donors (Lipinski definition) is 1. The minimum absolute atomic E-state index is 0.158. The summed E-state index contributed by atoms with van der Waals surface area (Å²) < 4.78 is 16.0. The fourth-order valence-corrected chi connectivity index (χ4v) is 2.46. The fraction of sp³-hybridized carbons (Fsp3) is 0.278. The van der Waals surface area contributed by atoms with Gasteiger partial charge in [0.1, 0.15) is 5.75 Å². The molecular weight excluding hydrogens is 294 g/mol. The molecule has 2 rings (SSSR count). The number of ether oxygens (including phenoxy) is 3. The Morgan fingerprint density at radius 1 is 0.957 bits per heavy atom. The van der Waals surface area contributed by atoms with E-state index in [9.17, 15) is 4.79 Å². The summed E-state index contributed by atoms with van der Waals surface area (Å²) in [6.07, 6.45) is 0.549. The average molecular weight is 315 g/mol. The molecule has 0 heterocycles. The maximum Gasteiger partial charge on any atom is 0.251 e. The number of nitrogens with one attached hydrogen (secondary N) is 1. The minimum atomic E-state index is -0.158. The molecule has 0 radical (unpaired) electrons. The molecule has 122 valence electrons. The number of benzene rings is 2. The lowest BCUT2D eigenvalue weighted by Gasteiger charge is -2.16. The van der Waals surface area contributed by atoms with Crippen molar-refractivity contribution in [2.45, 2.75) is 6.42 Å². The first kappa shape index (κ1) is 16.7. The molecule has 1 N–H and O–H groups in total. The van der Waals surface area contributed by atoms with Crippen molar-refractivity contribution >= 4 is 5.91 Å². The lowest BCUT2D eigenvalue weighted by Crippen LogP contribution is -2.20. The van der Waals surface area contributed by atoms with Crippen LogP contribution in [0.2, 0.25) is 0 Å². The molecule has 2 aromatic rings. The van der Waals surface area contributed by atoms with Crippen molar-refractivity contribution < 1.29 is 19.0 Å². The van der Waals surface area contributed by atoms with E-state index in [4.69, 9.17) is 14.2 Å². The molecule has 2 aromatic carbocycles. The Bertz CT molecular complexity index is 680. The SMILES string of the molecule is CNC(=O)c1ccc(OC)c(OC)c1Cc1ccc(OC)cc1. The molecule has 23 heavy (non-hydrogen) atoms. The predicted octanol–water partition coefficient (Wildman–Crippen LogP) is 2.66. The number of rotatable bonds is 6. The van der Waals surface area contributed by atoms with Crippen LogP contribution in [-0.2, 0) is 6.42 Å². The molecule has 0 fully saturated rings. The summed E-state index contributed by atoms with van der Waals surface area (Å²) in [5.41, 5.74) is 2.40. The third-order valence-corrected chi connectivity index (χ3v) is 3.66. The first-order chi connectivity index (χ1) is 11.1. The van der Waals surface area contributed by atoms with Gasteiger partial charge in [-0.1, -0.05) is 12.1 Å². The van der Waals surface area contributed by atoms with Crippen LogP contribution in [0, 0.1) is 0 Å². The standard InChI is InChI=1S/C18H21NO4/c1-19-18(20)14-9-10-16(22-3)17(23-4)15(14)11-12-5-7-13(21-2)8-6-12/h5-10H,11H2,1-4H3,(H,19,20). The van der Waals surface area contributed by atoms with E-state index < -0.39 is 0 Å². The molecule has 5 heteroatoms. The Balaban J connectivity index is 2.49. The molecule has 1 amide bonds. The Hall–Kier alpha value is -2.69. The van der Waals surface area contributed by atoms with Gasteiger partial charge in [0, 0.05) is 24.6 Å². The zero-order valence-electron chi connectivity index (χ0n) is 13.8. The van der Waals surface area contributed by atoms with Crippen LogP contribution < -0.4 is 19.5 Å². The molecule has 0 bridgehead atoms. The van der Waals surface area contributed by atoms with Gasteiger partial charge in [-0.05, 0) is 29.8 Å².